The number of aliphatic hydroxyl groups excluding tert-OH is 1. The lowest BCUT2D eigenvalue weighted by atomic mass is 9.97. The molecule has 2 N–H and O–H groups in total. The van der Waals surface area contributed by atoms with Crippen molar-refractivity contribution in [2.45, 2.75) is 37.6 Å². The number of amides is 1. The number of alkyl halides is 1. The minimum absolute atomic E-state index is 0.171. The number of aliphatic hydroxyl groups is 1. The maximum Gasteiger partial charge on any atom is 0.338 e. The van der Waals surface area contributed by atoms with E-state index in [-0.39, 0.29) is 11.1 Å². The fourth-order valence-electron chi connectivity index (χ4n) is 3.15. The number of benzene rings is 2. The van der Waals surface area contributed by atoms with Gasteiger partial charge < -0.3 is 24.6 Å². The van der Waals surface area contributed by atoms with Crippen molar-refractivity contribution >= 4 is 17.8 Å². The molecule has 0 bridgehead atoms. The minimum Gasteiger partial charge on any atom is -0.459 e. The smallest absolute Gasteiger partial charge is 0.338 e. The zero-order valence-electron chi connectivity index (χ0n) is 16.6. The van der Waals surface area contributed by atoms with Crippen LogP contribution >= 0.6 is 0 Å². The van der Waals surface area contributed by atoms with Gasteiger partial charge in [-0.2, -0.15) is 0 Å². The monoisotopic (exact) mass is 431 g/mol. The van der Waals surface area contributed by atoms with E-state index in [0.717, 1.165) is 0 Å². The fourth-order valence-corrected chi connectivity index (χ4v) is 3.15. The second-order valence-electron chi connectivity index (χ2n) is 6.94. The first-order chi connectivity index (χ1) is 14.9. The SMILES string of the molecule is CC(=O)NC1C(OC(=O)c2ccccc2)[C@H](F)C(COC(=O)c2ccccc2)O[C@@H]1O. The Balaban J connectivity index is 1.73. The lowest BCUT2D eigenvalue weighted by molar-refractivity contribution is -0.240. The number of ether oxygens (including phenoxy) is 3. The molecule has 5 atom stereocenters. The van der Waals surface area contributed by atoms with Gasteiger partial charge in [0.2, 0.25) is 5.91 Å². The highest BCUT2D eigenvalue weighted by atomic mass is 19.1. The molecule has 0 aromatic heterocycles. The van der Waals surface area contributed by atoms with Gasteiger partial charge in [0, 0.05) is 6.92 Å². The van der Waals surface area contributed by atoms with Crippen molar-refractivity contribution in [3.63, 3.8) is 0 Å². The number of esters is 2. The number of halogens is 1. The topological polar surface area (TPSA) is 111 Å². The number of nitrogens with one attached hydrogen (secondary N) is 1. The molecule has 1 fully saturated rings. The maximum atomic E-state index is 15.3. The molecule has 1 saturated heterocycles. The summed E-state index contributed by atoms with van der Waals surface area (Å²) in [7, 11) is 0. The predicted octanol–water partition coefficient (Wildman–Crippen LogP) is 1.63. The Labute approximate surface area is 177 Å². The van der Waals surface area contributed by atoms with Crippen LogP contribution in [0.1, 0.15) is 27.6 Å². The first-order valence-electron chi connectivity index (χ1n) is 9.59. The number of rotatable bonds is 6. The second-order valence-corrected chi connectivity index (χ2v) is 6.94. The van der Waals surface area contributed by atoms with E-state index in [1.807, 2.05) is 0 Å². The van der Waals surface area contributed by atoms with Crippen LogP contribution in [0.15, 0.2) is 60.7 Å². The Kier molecular flexibility index (Phi) is 7.32. The summed E-state index contributed by atoms with van der Waals surface area (Å²) in [5.74, 6) is -2.11. The minimum atomic E-state index is -1.99. The molecule has 1 amide bonds. The quantitative estimate of drug-likeness (QED) is 0.669. The highest BCUT2D eigenvalue weighted by molar-refractivity contribution is 5.90. The van der Waals surface area contributed by atoms with Gasteiger partial charge in [-0.15, -0.1) is 0 Å². The Morgan fingerprint density at radius 1 is 1.00 bits per heavy atom. The van der Waals surface area contributed by atoms with Crippen LogP contribution in [0, 0.1) is 0 Å². The Morgan fingerprint density at radius 3 is 2.10 bits per heavy atom. The van der Waals surface area contributed by atoms with Crippen LogP contribution in [0.25, 0.3) is 0 Å². The van der Waals surface area contributed by atoms with Gasteiger partial charge in [-0.3, -0.25) is 4.79 Å². The molecule has 1 heterocycles. The average molecular weight is 431 g/mol. The van der Waals surface area contributed by atoms with Crippen molar-refractivity contribution < 1.29 is 38.1 Å². The van der Waals surface area contributed by atoms with Crippen molar-refractivity contribution in [3.8, 4) is 0 Å². The van der Waals surface area contributed by atoms with E-state index in [0.29, 0.717) is 0 Å². The van der Waals surface area contributed by atoms with Gasteiger partial charge in [0.15, 0.2) is 18.6 Å². The Bertz CT molecular complexity index is 909. The third kappa shape index (κ3) is 5.65. The molecule has 0 aliphatic carbocycles. The third-order valence-corrected chi connectivity index (χ3v) is 4.66. The molecule has 3 rings (SSSR count). The van der Waals surface area contributed by atoms with E-state index in [9.17, 15) is 19.5 Å². The van der Waals surface area contributed by atoms with E-state index >= 15 is 4.39 Å². The molecule has 164 valence electrons. The molecule has 8 nitrogen and oxygen atoms in total. The average Bonchev–Trinajstić information content (AvgIpc) is 2.78. The van der Waals surface area contributed by atoms with Gasteiger partial charge in [0.1, 0.15) is 18.8 Å². The largest absolute Gasteiger partial charge is 0.459 e. The number of carbonyl (C=O) groups excluding carboxylic acids is 3. The lowest BCUT2D eigenvalue weighted by Crippen LogP contribution is -2.64. The molecule has 0 radical (unpaired) electrons. The number of hydrogen-bond donors (Lipinski definition) is 2. The molecular formula is C22H22FNO7. The van der Waals surface area contributed by atoms with Crippen molar-refractivity contribution in [1.29, 1.82) is 0 Å². The molecule has 1 aliphatic rings. The molecule has 9 heteroatoms. The van der Waals surface area contributed by atoms with Crippen LogP contribution < -0.4 is 5.32 Å². The molecular weight excluding hydrogens is 409 g/mol. The van der Waals surface area contributed by atoms with Gasteiger partial charge in [-0.25, -0.2) is 14.0 Å². The Morgan fingerprint density at radius 2 is 1.55 bits per heavy atom. The van der Waals surface area contributed by atoms with Crippen LogP contribution in [0.5, 0.6) is 0 Å². The molecule has 0 spiro atoms. The normalized spacial score (nSPS) is 25.3. The van der Waals surface area contributed by atoms with Crippen molar-refractivity contribution in [1.82, 2.24) is 5.32 Å². The number of carbonyl (C=O) groups is 3. The van der Waals surface area contributed by atoms with Crippen LogP contribution in [-0.4, -0.2) is 60.3 Å². The van der Waals surface area contributed by atoms with E-state index in [1.165, 1.54) is 31.2 Å². The zero-order valence-corrected chi connectivity index (χ0v) is 16.6. The first kappa shape index (κ1) is 22.4. The summed E-state index contributed by atoms with van der Waals surface area (Å²) < 4.78 is 30.9. The summed E-state index contributed by atoms with van der Waals surface area (Å²) in [6.45, 7) is 0.641. The molecule has 0 saturated carbocycles. The highest BCUT2D eigenvalue weighted by Crippen LogP contribution is 2.26. The zero-order chi connectivity index (χ0) is 22.4. The molecule has 3 unspecified atom stereocenters. The molecule has 31 heavy (non-hydrogen) atoms. The Hall–Kier alpha value is -3.30. The van der Waals surface area contributed by atoms with Crippen molar-refractivity contribution in [2.24, 2.45) is 0 Å². The van der Waals surface area contributed by atoms with E-state index < -0.39 is 55.2 Å². The summed E-state index contributed by atoms with van der Waals surface area (Å²) in [6.07, 6.45) is -6.66. The highest BCUT2D eigenvalue weighted by Gasteiger charge is 2.49. The number of hydrogen-bond acceptors (Lipinski definition) is 7. The van der Waals surface area contributed by atoms with Gasteiger partial charge in [0.05, 0.1) is 11.1 Å². The van der Waals surface area contributed by atoms with E-state index in [2.05, 4.69) is 5.32 Å². The summed E-state index contributed by atoms with van der Waals surface area (Å²) >= 11 is 0. The molecule has 2 aromatic rings. The van der Waals surface area contributed by atoms with E-state index in [1.54, 1.807) is 36.4 Å². The van der Waals surface area contributed by atoms with Crippen LogP contribution in [-0.2, 0) is 19.0 Å². The van der Waals surface area contributed by atoms with Crippen LogP contribution in [0.2, 0.25) is 0 Å². The summed E-state index contributed by atoms with van der Waals surface area (Å²) in [5.41, 5.74) is 0.432. The van der Waals surface area contributed by atoms with Gasteiger partial charge >= 0.3 is 11.9 Å². The van der Waals surface area contributed by atoms with Gasteiger partial charge in [-0.05, 0) is 24.3 Å². The predicted molar refractivity (Wildman–Crippen MR) is 106 cm³/mol. The van der Waals surface area contributed by atoms with Gasteiger partial charge in [-0.1, -0.05) is 36.4 Å². The maximum absolute atomic E-state index is 15.3. The fraction of sp³-hybridized carbons (Fsp3) is 0.318. The summed E-state index contributed by atoms with van der Waals surface area (Å²) in [4.78, 5) is 36.1. The van der Waals surface area contributed by atoms with Crippen LogP contribution in [0.3, 0.4) is 0 Å². The molecule has 1 aliphatic heterocycles. The second kappa shape index (κ2) is 10.1. The summed E-state index contributed by atoms with van der Waals surface area (Å²) in [5, 5.41) is 12.6. The van der Waals surface area contributed by atoms with Crippen LogP contribution in [0.4, 0.5) is 4.39 Å². The standard InChI is InChI=1S/C22H22FNO7/c1-13(25)24-18-19(31-21(27)15-10-6-3-7-11-15)17(23)16(30-22(18)28)12-29-20(26)14-8-4-2-5-9-14/h2-11,16-19,22,28H,12H2,1H3,(H,24,25)/t16?,17-,18?,19?,22+/m1/s1. The van der Waals surface area contributed by atoms with Gasteiger partial charge in [0.25, 0.3) is 0 Å². The first-order valence-corrected chi connectivity index (χ1v) is 9.59. The third-order valence-electron chi connectivity index (χ3n) is 4.66. The molecule has 2 aromatic carbocycles. The summed E-state index contributed by atoms with van der Waals surface area (Å²) in [6, 6.07) is 14.6. The van der Waals surface area contributed by atoms with Crippen molar-refractivity contribution in [2.75, 3.05) is 6.61 Å². The lowest BCUT2D eigenvalue weighted by Gasteiger charge is -2.41. The van der Waals surface area contributed by atoms with Crippen molar-refractivity contribution in [3.05, 3.63) is 71.8 Å². The van der Waals surface area contributed by atoms with E-state index in [4.69, 9.17) is 14.2 Å².